The molecule has 12 heavy (non-hydrogen) atoms. The van der Waals surface area contributed by atoms with Crippen molar-refractivity contribution in [2.24, 2.45) is 11.8 Å². The molecule has 1 fully saturated rings. The van der Waals surface area contributed by atoms with E-state index in [4.69, 9.17) is 0 Å². The molecule has 2 unspecified atom stereocenters. The lowest BCUT2D eigenvalue weighted by Crippen LogP contribution is -2.08. The van der Waals surface area contributed by atoms with Gasteiger partial charge in [-0.05, 0) is 18.8 Å². The minimum Gasteiger partial charge on any atom is -0.299 e. The molecule has 0 spiro atoms. The van der Waals surface area contributed by atoms with E-state index in [-0.39, 0.29) is 5.92 Å². The van der Waals surface area contributed by atoms with Gasteiger partial charge in [-0.1, -0.05) is 32.4 Å². The zero-order valence-electron chi connectivity index (χ0n) is 8.05. The molecule has 1 aliphatic carbocycles. The number of allylic oxidation sites excluding steroid dienone is 2. The molecule has 2 atom stereocenters. The summed E-state index contributed by atoms with van der Waals surface area (Å²) in [4.78, 5) is 11.3. The lowest BCUT2D eigenvalue weighted by atomic mass is 9.97. The number of ketones is 1. The van der Waals surface area contributed by atoms with E-state index in [1.807, 2.05) is 0 Å². The van der Waals surface area contributed by atoms with E-state index in [1.165, 1.54) is 6.42 Å². The van der Waals surface area contributed by atoms with Crippen molar-refractivity contribution in [3.8, 4) is 0 Å². The smallest absolute Gasteiger partial charge is 0.139 e. The molecule has 0 saturated heterocycles. The van der Waals surface area contributed by atoms with Gasteiger partial charge in [-0.2, -0.15) is 0 Å². The van der Waals surface area contributed by atoms with Crippen LogP contribution >= 0.6 is 0 Å². The summed E-state index contributed by atoms with van der Waals surface area (Å²) < 4.78 is 0. The second-order valence-corrected chi connectivity index (χ2v) is 3.72. The second kappa shape index (κ2) is 4.44. The Labute approximate surface area is 74.9 Å². The fraction of sp³-hybridized carbons (Fsp3) is 0.727. The van der Waals surface area contributed by atoms with E-state index in [2.05, 4.69) is 26.0 Å². The van der Waals surface area contributed by atoms with Crippen LogP contribution in [0, 0.1) is 11.8 Å². The van der Waals surface area contributed by atoms with Crippen molar-refractivity contribution in [1.82, 2.24) is 0 Å². The third-order valence-electron chi connectivity index (χ3n) is 2.63. The van der Waals surface area contributed by atoms with Crippen molar-refractivity contribution in [3.63, 3.8) is 0 Å². The number of rotatable bonds is 3. The molecular formula is C11H18O. The van der Waals surface area contributed by atoms with Gasteiger partial charge >= 0.3 is 0 Å². The van der Waals surface area contributed by atoms with Crippen molar-refractivity contribution >= 4 is 5.78 Å². The summed E-state index contributed by atoms with van der Waals surface area (Å²) in [5, 5.41) is 0. The lowest BCUT2D eigenvalue weighted by molar-refractivity contribution is -0.119. The minimum absolute atomic E-state index is 0.233. The average molecular weight is 166 g/mol. The van der Waals surface area contributed by atoms with Crippen LogP contribution in [0.25, 0.3) is 0 Å². The summed E-state index contributed by atoms with van der Waals surface area (Å²) in [6, 6.07) is 0. The number of carbonyl (C=O) groups is 1. The van der Waals surface area contributed by atoms with Crippen LogP contribution in [0.3, 0.4) is 0 Å². The average Bonchev–Trinajstić information content (AvgIpc) is 2.35. The third kappa shape index (κ3) is 2.20. The van der Waals surface area contributed by atoms with Crippen molar-refractivity contribution in [2.45, 2.75) is 39.5 Å². The van der Waals surface area contributed by atoms with Gasteiger partial charge in [0.05, 0.1) is 0 Å². The first-order valence-electron chi connectivity index (χ1n) is 4.95. The third-order valence-corrected chi connectivity index (χ3v) is 2.63. The molecule has 0 aromatic carbocycles. The van der Waals surface area contributed by atoms with Gasteiger partial charge in [0, 0.05) is 12.3 Å². The monoisotopic (exact) mass is 166 g/mol. The van der Waals surface area contributed by atoms with Crippen LogP contribution in [-0.4, -0.2) is 5.78 Å². The molecule has 0 amide bonds. The summed E-state index contributed by atoms with van der Waals surface area (Å²) in [5.74, 6) is 1.25. The summed E-state index contributed by atoms with van der Waals surface area (Å²) in [5.41, 5.74) is 0. The summed E-state index contributed by atoms with van der Waals surface area (Å²) in [6.07, 6.45) is 8.43. The molecule has 1 rings (SSSR count). The van der Waals surface area contributed by atoms with Crippen molar-refractivity contribution < 1.29 is 4.79 Å². The van der Waals surface area contributed by atoms with E-state index < -0.39 is 0 Å². The van der Waals surface area contributed by atoms with Crippen LogP contribution in [0.4, 0.5) is 0 Å². The maximum Gasteiger partial charge on any atom is 0.139 e. The van der Waals surface area contributed by atoms with Crippen LogP contribution in [0.15, 0.2) is 12.2 Å². The highest BCUT2D eigenvalue weighted by Gasteiger charge is 2.28. The Morgan fingerprint density at radius 2 is 2.33 bits per heavy atom. The van der Waals surface area contributed by atoms with Gasteiger partial charge in [-0.25, -0.2) is 0 Å². The molecular weight excluding hydrogens is 148 g/mol. The number of hydrogen-bond donors (Lipinski definition) is 0. The van der Waals surface area contributed by atoms with Crippen LogP contribution in [0.2, 0.25) is 0 Å². The van der Waals surface area contributed by atoms with E-state index in [0.717, 1.165) is 19.3 Å². The van der Waals surface area contributed by atoms with E-state index >= 15 is 0 Å². The Morgan fingerprint density at radius 3 is 2.83 bits per heavy atom. The Balaban J connectivity index is 2.44. The van der Waals surface area contributed by atoms with Gasteiger partial charge in [0.25, 0.3) is 0 Å². The number of Topliss-reactive ketones (excluding diaryl/α,β-unsaturated/α-hetero) is 1. The van der Waals surface area contributed by atoms with Crippen LogP contribution in [0.1, 0.15) is 39.5 Å². The fourth-order valence-corrected chi connectivity index (χ4v) is 1.74. The zero-order chi connectivity index (χ0) is 8.97. The van der Waals surface area contributed by atoms with Crippen LogP contribution < -0.4 is 0 Å². The fourth-order valence-electron chi connectivity index (χ4n) is 1.74. The molecule has 0 aromatic heterocycles. The second-order valence-electron chi connectivity index (χ2n) is 3.72. The van der Waals surface area contributed by atoms with Gasteiger partial charge in [-0.3, -0.25) is 4.79 Å². The summed E-state index contributed by atoms with van der Waals surface area (Å²) in [6.45, 7) is 4.33. The minimum atomic E-state index is 0.233. The number of hydrogen-bond acceptors (Lipinski definition) is 1. The first-order valence-corrected chi connectivity index (χ1v) is 4.95. The molecule has 0 aromatic rings. The number of unbranched alkanes of at least 4 members (excludes halogenated alkanes) is 1. The Kier molecular flexibility index (Phi) is 3.51. The van der Waals surface area contributed by atoms with Gasteiger partial charge in [0.1, 0.15) is 5.78 Å². The molecule has 0 N–H and O–H groups in total. The Bertz CT molecular complexity index is 181. The molecule has 68 valence electrons. The van der Waals surface area contributed by atoms with E-state index in [1.54, 1.807) is 0 Å². The Hall–Kier alpha value is -0.590. The highest BCUT2D eigenvalue weighted by molar-refractivity contribution is 5.84. The standard InChI is InChI=1S/C11H18O/c1-3-4-5-6-10-9(2)7-8-11(10)12/h5-6,9-10H,3-4,7-8H2,1-2H3/b6-5-. The lowest BCUT2D eigenvalue weighted by Gasteiger charge is -2.07. The van der Waals surface area contributed by atoms with Crippen LogP contribution in [-0.2, 0) is 4.79 Å². The Morgan fingerprint density at radius 1 is 1.58 bits per heavy atom. The van der Waals surface area contributed by atoms with E-state index in [9.17, 15) is 4.79 Å². The SMILES string of the molecule is CCC/C=C\C1C(=O)CCC1C. The van der Waals surface area contributed by atoms with Gasteiger partial charge in [-0.15, -0.1) is 0 Å². The van der Waals surface area contributed by atoms with Crippen molar-refractivity contribution in [2.75, 3.05) is 0 Å². The summed E-state index contributed by atoms with van der Waals surface area (Å²) >= 11 is 0. The molecule has 1 heteroatoms. The number of carbonyl (C=O) groups excluding carboxylic acids is 1. The predicted octanol–water partition coefficient (Wildman–Crippen LogP) is 2.96. The molecule has 0 heterocycles. The maximum absolute atomic E-state index is 11.3. The molecule has 0 radical (unpaired) electrons. The quantitative estimate of drug-likeness (QED) is 0.589. The topological polar surface area (TPSA) is 17.1 Å². The zero-order valence-corrected chi connectivity index (χ0v) is 8.05. The van der Waals surface area contributed by atoms with Gasteiger partial charge in [0.2, 0.25) is 0 Å². The van der Waals surface area contributed by atoms with Crippen molar-refractivity contribution in [1.29, 1.82) is 0 Å². The molecule has 1 saturated carbocycles. The highest BCUT2D eigenvalue weighted by atomic mass is 16.1. The largest absolute Gasteiger partial charge is 0.299 e. The maximum atomic E-state index is 11.3. The highest BCUT2D eigenvalue weighted by Crippen LogP contribution is 2.29. The first kappa shape index (κ1) is 9.50. The van der Waals surface area contributed by atoms with Crippen LogP contribution in [0.5, 0.6) is 0 Å². The molecule has 0 aliphatic heterocycles. The normalized spacial score (nSPS) is 30.3. The summed E-state index contributed by atoms with van der Waals surface area (Å²) in [7, 11) is 0. The molecule has 1 nitrogen and oxygen atoms in total. The first-order chi connectivity index (χ1) is 5.75. The molecule has 0 bridgehead atoms. The van der Waals surface area contributed by atoms with E-state index in [0.29, 0.717) is 11.7 Å². The molecule has 1 aliphatic rings. The van der Waals surface area contributed by atoms with Gasteiger partial charge in [0.15, 0.2) is 0 Å². The predicted molar refractivity (Wildman–Crippen MR) is 50.9 cm³/mol. The van der Waals surface area contributed by atoms with Crippen molar-refractivity contribution in [3.05, 3.63) is 12.2 Å². The van der Waals surface area contributed by atoms with Gasteiger partial charge < -0.3 is 0 Å².